The number of hydrogen-bond acceptors (Lipinski definition) is 3. The molecule has 1 fully saturated rings. The lowest BCUT2D eigenvalue weighted by Crippen LogP contribution is -2.27. The van der Waals surface area contributed by atoms with Crippen molar-refractivity contribution in [3.05, 3.63) is 23.4 Å². The van der Waals surface area contributed by atoms with E-state index in [0.717, 1.165) is 37.4 Å². The molecule has 2 aliphatic rings. The van der Waals surface area contributed by atoms with E-state index in [9.17, 15) is 8.78 Å². The second-order valence-corrected chi connectivity index (χ2v) is 5.72. The third-order valence-electron chi connectivity index (χ3n) is 4.21. The topological polar surface area (TPSA) is 28.2 Å². The van der Waals surface area contributed by atoms with Crippen LogP contribution in [0.2, 0.25) is 0 Å². The van der Waals surface area contributed by atoms with Gasteiger partial charge in [0.05, 0.1) is 0 Å². The maximum atomic E-state index is 13.4. The molecule has 0 spiro atoms. The summed E-state index contributed by atoms with van der Waals surface area (Å²) in [6.07, 6.45) is 2.40. The van der Waals surface area contributed by atoms with Crippen LogP contribution < -0.4 is 10.2 Å². The fourth-order valence-corrected chi connectivity index (χ4v) is 2.99. The van der Waals surface area contributed by atoms with Crippen LogP contribution in [0.4, 0.5) is 14.6 Å². The van der Waals surface area contributed by atoms with Crippen molar-refractivity contribution in [2.45, 2.75) is 38.0 Å². The van der Waals surface area contributed by atoms with Gasteiger partial charge >= 0.3 is 0 Å². The Bertz CT molecular complexity index is 486. The molecular formula is C15H23Cl2F2N3. The molecule has 0 aliphatic carbocycles. The average Bonchev–Trinajstić information content (AvgIpc) is 2.75. The summed E-state index contributed by atoms with van der Waals surface area (Å²) >= 11 is 0. The Morgan fingerprint density at radius 2 is 1.82 bits per heavy atom. The highest BCUT2D eigenvalue weighted by molar-refractivity contribution is 5.85. The van der Waals surface area contributed by atoms with Gasteiger partial charge in [0.25, 0.3) is 0 Å². The number of aromatic nitrogens is 1. The number of rotatable bonds is 1. The first kappa shape index (κ1) is 19.4. The van der Waals surface area contributed by atoms with E-state index in [1.807, 2.05) is 11.0 Å². The van der Waals surface area contributed by atoms with Gasteiger partial charge in [0, 0.05) is 44.6 Å². The maximum absolute atomic E-state index is 13.4. The smallest absolute Gasteiger partial charge is 0.249 e. The third kappa shape index (κ3) is 4.67. The summed E-state index contributed by atoms with van der Waals surface area (Å²) in [5, 5.41) is 3.36. The second-order valence-electron chi connectivity index (χ2n) is 5.72. The second kappa shape index (κ2) is 8.27. The summed E-state index contributed by atoms with van der Waals surface area (Å²) in [4.78, 5) is 6.74. The summed E-state index contributed by atoms with van der Waals surface area (Å²) in [6, 6.07) is 4.11. The van der Waals surface area contributed by atoms with Crippen molar-refractivity contribution in [3.63, 3.8) is 0 Å². The van der Waals surface area contributed by atoms with Crippen LogP contribution in [0, 0.1) is 0 Å². The molecule has 0 saturated carbocycles. The Balaban J connectivity index is 0.00000121. The van der Waals surface area contributed by atoms with Crippen LogP contribution in [0.1, 0.15) is 30.5 Å². The lowest BCUT2D eigenvalue weighted by atomic mass is 10.1. The van der Waals surface area contributed by atoms with Gasteiger partial charge in [0.1, 0.15) is 5.82 Å². The van der Waals surface area contributed by atoms with Crippen molar-refractivity contribution in [3.8, 4) is 0 Å². The van der Waals surface area contributed by atoms with E-state index in [1.165, 1.54) is 5.56 Å². The Morgan fingerprint density at radius 3 is 2.64 bits per heavy atom. The molecule has 22 heavy (non-hydrogen) atoms. The van der Waals surface area contributed by atoms with Crippen LogP contribution >= 0.6 is 24.8 Å². The summed E-state index contributed by atoms with van der Waals surface area (Å²) in [5.74, 6) is -1.65. The van der Waals surface area contributed by atoms with E-state index in [2.05, 4.69) is 11.4 Å². The predicted molar refractivity (Wildman–Crippen MR) is 90.0 cm³/mol. The van der Waals surface area contributed by atoms with Gasteiger partial charge in [-0.05, 0) is 31.0 Å². The van der Waals surface area contributed by atoms with Crippen LogP contribution in [0.5, 0.6) is 0 Å². The van der Waals surface area contributed by atoms with Gasteiger partial charge in [0.15, 0.2) is 0 Å². The molecule has 0 unspecified atom stereocenters. The Morgan fingerprint density at radius 1 is 1.05 bits per heavy atom. The zero-order valence-corrected chi connectivity index (χ0v) is 14.1. The van der Waals surface area contributed by atoms with Crippen molar-refractivity contribution in [1.29, 1.82) is 0 Å². The van der Waals surface area contributed by atoms with Gasteiger partial charge in [-0.15, -0.1) is 24.8 Å². The number of hydrogen-bond donors (Lipinski definition) is 1. The summed E-state index contributed by atoms with van der Waals surface area (Å²) in [5.41, 5.74) is 2.42. The zero-order valence-electron chi connectivity index (χ0n) is 12.5. The van der Waals surface area contributed by atoms with Crippen LogP contribution in [0.15, 0.2) is 12.1 Å². The summed E-state index contributed by atoms with van der Waals surface area (Å²) < 4.78 is 26.9. The number of alkyl halides is 2. The van der Waals surface area contributed by atoms with Crippen molar-refractivity contribution in [2.75, 3.05) is 31.1 Å². The standard InChI is InChI=1S/C15H21F2N3.2ClH/c16-15(17)6-1-10-20(11-7-15)14-3-2-12-4-8-18-9-5-13(12)19-14;;/h2-3,18H,1,4-11H2;2*1H. The molecule has 1 aromatic rings. The van der Waals surface area contributed by atoms with Crippen LogP contribution in [0.25, 0.3) is 0 Å². The molecule has 0 bridgehead atoms. The molecule has 0 amide bonds. The van der Waals surface area contributed by atoms with E-state index < -0.39 is 5.92 Å². The van der Waals surface area contributed by atoms with Gasteiger partial charge in [-0.2, -0.15) is 0 Å². The number of halogens is 4. The van der Waals surface area contributed by atoms with E-state index >= 15 is 0 Å². The minimum absolute atomic E-state index is 0. The van der Waals surface area contributed by atoms with Crippen LogP contribution in [-0.2, 0) is 12.8 Å². The Hall–Kier alpha value is -0.650. The quantitative estimate of drug-likeness (QED) is 0.839. The summed E-state index contributed by atoms with van der Waals surface area (Å²) in [6.45, 7) is 3.02. The predicted octanol–water partition coefficient (Wildman–Crippen LogP) is 3.24. The first-order valence-corrected chi connectivity index (χ1v) is 7.46. The zero-order chi connectivity index (χ0) is 14.0. The number of fused-ring (bicyclic) bond motifs is 1. The van der Waals surface area contributed by atoms with E-state index in [1.54, 1.807) is 0 Å². The van der Waals surface area contributed by atoms with Crippen molar-refractivity contribution < 1.29 is 8.78 Å². The number of nitrogens with zero attached hydrogens (tertiary/aromatic N) is 2. The van der Waals surface area contributed by atoms with Crippen molar-refractivity contribution in [2.24, 2.45) is 0 Å². The lowest BCUT2D eigenvalue weighted by Gasteiger charge is -2.22. The van der Waals surface area contributed by atoms with E-state index in [-0.39, 0.29) is 37.7 Å². The third-order valence-corrected chi connectivity index (χ3v) is 4.21. The molecule has 3 heterocycles. The Kier molecular flexibility index (Phi) is 7.29. The van der Waals surface area contributed by atoms with E-state index in [4.69, 9.17) is 4.98 Å². The van der Waals surface area contributed by atoms with Crippen LogP contribution in [0.3, 0.4) is 0 Å². The number of pyridine rings is 1. The summed E-state index contributed by atoms with van der Waals surface area (Å²) in [7, 11) is 0. The molecule has 0 aromatic carbocycles. The molecule has 1 saturated heterocycles. The van der Waals surface area contributed by atoms with Gasteiger partial charge in [-0.25, -0.2) is 13.8 Å². The van der Waals surface area contributed by atoms with Gasteiger partial charge < -0.3 is 10.2 Å². The number of nitrogens with one attached hydrogen (secondary N) is 1. The van der Waals surface area contributed by atoms with Crippen molar-refractivity contribution >= 4 is 30.6 Å². The molecule has 7 heteroatoms. The van der Waals surface area contributed by atoms with Gasteiger partial charge in [-0.1, -0.05) is 6.07 Å². The molecule has 0 atom stereocenters. The highest BCUT2D eigenvalue weighted by Crippen LogP contribution is 2.29. The molecule has 126 valence electrons. The fourth-order valence-electron chi connectivity index (χ4n) is 2.99. The minimum atomic E-state index is -2.51. The maximum Gasteiger partial charge on any atom is 0.249 e. The molecule has 3 rings (SSSR count). The largest absolute Gasteiger partial charge is 0.356 e. The first-order valence-electron chi connectivity index (χ1n) is 7.46. The normalized spacial score (nSPS) is 20.7. The Labute approximate surface area is 142 Å². The van der Waals surface area contributed by atoms with Gasteiger partial charge in [-0.3, -0.25) is 0 Å². The van der Waals surface area contributed by atoms with E-state index in [0.29, 0.717) is 19.5 Å². The molecule has 1 N–H and O–H groups in total. The van der Waals surface area contributed by atoms with Gasteiger partial charge in [0.2, 0.25) is 5.92 Å². The average molecular weight is 354 g/mol. The number of anilines is 1. The first-order chi connectivity index (χ1) is 9.64. The van der Waals surface area contributed by atoms with Crippen LogP contribution in [-0.4, -0.2) is 37.1 Å². The minimum Gasteiger partial charge on any atom is -0.356 e. The monoisotopic (exact) mass is 353 g/mol. The lowest BCUT2D eigenvalue weighted by molar-refractivity contribution is -0.0102. The molecule has 3 nitrogen and oxygen atoms in total. The highest BCUT2D eigenvalue weighted by Gasteiger charge is 2.32. The fraction of sp³-hybridized carbons (Fsp3) is 0.667. The molecule has 1 aromatic heterocycles. The molecule has 0 radical (unpaired) electrons. The molecule has 2 aliphatic heterocycles. The SMILES string of the molecule is Cl.Cl.FC1(F)CCCN(c2ccc3c(n2)CCNCC3)CC1. The van der Waals surface area contributed by atoms with Crippen molar-refractivity contribution in [1.82, 2.24) is 10.3 Å². The highest BCUT2D eigenvalue weighted by atomic mass is 35.5. The molecular weight excluding hydrogens is 331 g/mol.